The zero-order valence-corrected chi connectivity index (χ0v) is 19.6. The van der Waals surface area contributed by atoms with Gasteiger partial charge in [0.15, 0.2) is 0 Å². The van der Waals surface area contributed by atoms with Crippen molar-refractivity contribution in [2.45, 2.75) is 38.9 Å². The quantitative estimate of drug-likeness (QED) is 0.444. The van der Waals surface area contributed by atoms with Gasteiger partial charge in [0, 0.05) is 44.0 Å². The number of anilines is 1. The number of aryl methyl sites for hydroxylation is 1. The first kappa shape index (κ1) is 24.0. The Bertz CT molecular complexity index is 1030. The summed E-state index contributed by atoms with van der Waals surface area (Å²) in [5, 5.41) is 4.32. The van der Waals surface area contributed by atoms with Crippen LogP contribution in [0.1, 0.15) is 29.8 Å². The average Bonchev–Trinajstić information content (AvgIpc) is 2.80. The van der Waals surface area contributed by atoms with Crippen molar-refractivity contribution in [1.29, 1.82) is 0 Å². The van der Waals surface area contributed by atoms with Gasteiger partial charge in [0.2, 0.25) is 0 Å². The van der Waals surface area contributed by atoms with Crippen molar-refractivity contribution in [2.75, 3.05) is 32.5 Å². The van der Waals surface area contributed by atoms with Gasteiger partial charge in [0.25, 0.3) is 5.56 Å². The highest BCUT2D eigenvalue weighted by atomic mass is 35.5. The van der Waals surface area contributed by atoms with E-state index in [0.29, 0.717) is 34.7 Å². The van der Waals surface area contributed by atoms with Crippen LogP contribution in [0.2, 0.25) is 5.02 Å². The van der Waals surface area contributed by atoms with Crippen LogP contribution in [-0.4, -0.2) is 47.2 Å². The maximum absolute atomic E-state index is 12.5. The normalized spacial score (nSPS) is 15.7. The molecule has 0 saturated carbocycles. The van der Waals surface area contributed by atoms with E-state index in [2.05, 4.69) is 21.8 Å². The Morgan fingerprint density at radius 2 is 2.12 bits per heavy atom. The molecule has 8 heteroatoms. The Kier molecular flexibility index (Phi) is 8.50. The first-order valence-corrected chi connectivity index (χ1v) is 11.2. The molecular formula is C24H32ClN5O2. The van der Waals surface area contributed by atoms with Crippen molar-refractivity contribution >= 4 is 23.4 Å². The van der Waals surface area contributed by atoms with Gasteiger partial charge in [-0.1, -0.05) is 18.2 Å². The number of likely N-dealkylation sites (tertiary alicyclic amines) is 1. The van der Waals surface area contributed by atoms with Gasteiger partial charge in [-0.05, 0) is 56.6 Å². The van der Waals surface area contributed by atoms with Crippen molar-refractivity contribution in [3.8, 4) is 0 Å². The van der Waals surface area contributed by atoms with Gasteiger partial charge >= 0.3 is 0 Å². The molecule has 1 aliphatic rings. The largest absolute Gasteiger partial charge is 0.497 e. The first-order valence-electron chi connectivity index (χ1n) is 10.9. The second-order valence-corrected chi connectivity index (χ2v) is 8.43. The lowest BCUT2D eigenvalue weighted by Gasteiger charge is -2.32. The number of nitrogens with one attached hydrogen (secondary N) is 1. The maximum atomic E-state index is 12.5. The third-order valence-corrected chi connectivity index (χ3v) is 6.26. The number of piperidine rings is 1. The van der Waals surface area contributed by atoms with Gasteiger partial charge in [-0.3, -0.25) is 9.78 Å². The summed E-state index contributed by atoms with van der Waals surface area (Å²) in [6.07, 6.45) is 7.33. The molecule has 0 aromatic carbocycles. The van der Waals surface area contributed by atoms with E-state index in [9.17, 15) is 4.79 Å². The number of rotatable bonds is 9. The van der Waals surface area contributed by atoms with Gasteiger partial charge in [-0.15, -0.1) is 0 Å². The number of allylic oxidation sites excluding steroid dienone is 1. The van der Waals surface area contributed by atoms with Crippen LogP contribution in [0.3, 0.4) is 0 Å². The van der Waals surface area contributed by atoms with Gasteiger partial charge in [0.1, 0.15) is 5.76 Å². The Labute approximate surface area is 194 Å². The maximum Gasteiger partial charge on any atom is 0.251 e. The van der Waals surface area contributed by atoms with Gasteiger partial charge in [-0.2, -0.15) is 0 Å². The lowest BCUT2D eigenvalue weighted by atomic mass is 10.0. The van der Waals surface area contributed by atoms with Crippen LogP contribution in [-0.2, 0) is 17.8 Å². The van der Waals surface area contributed by atoms with Crippen molar-refractivity contribution in [1.82, 2.24) is 19.8 Å². The van der Waals surface area contributed by atoms with Crippen LogP contribution in [0.15, 0.2) is 47.6 Å². The lowest BCUT2D eigenvalue weighted by Crippen LogP contribution is -2.43. The Balaban J connectivity index is 1.54. The predicted octanol–water partition coefficient (Wildman–Crippen LogP) is 3.21. The SMILES string of the molecule is C=C/C(=C\c1c(N)ccc(=O)n1CCN1CCC(NCc2cnc(C)c(Cl)c2)CC1)OC. The molecule has 3 rings (SSSR count). The first-order chi connectivity index (χ1) is 15.4. The number of hydrogen-bond donors (Lipinski definition) is 2. The molecule has 172 valence electrons. The predicted molar refractivity (Wildman–Crippen MR) is 131 cm³/mol. The Morgan fingerprint density at radius 3 is 2.78 bits per heavy atom. The Morgan fingerprint density at radius 1 is 1.38 bits per heavy atom. The minimum atomic E-state index is -0.0770. The molecule has 3 heterocycles. The van der Waals surface area contributed by atoms with Crippen LogP contribution in [0, 0.1) is 6.92 Å². The fourth-order valence-electron chi connectivity index (χ4n) is 3.85. The summed E-state index contributed by atoms with van der Waals surface area (Å²) in [4.78, 5) is 19.2. The molecule has 1 saturated heterocycles. The average molecular weight is 458 g/mol. The minimum Gasteiger partial charge on any atom is -0.497 e. The van der Waals surface area contributed by atoms with E-state index in [1.165, 1.54) is 6.07 Å². The molecule has 0 spiro atoms. The molecule has 1 fully saturated rings. The third-order valence-electron chi connectivity index (χ3n) is 5.88. The van der Waals surface area contributed by atoms with E-state index in [0.717, 1.165) is 50.3 Å². The summed E-state index contributed by atoms with van der Waals surface area (Å²) < 4.78 is 6.97. The van der Waals surface area contributed by atoms with E-state index in [1.54, 1.807) is 29.9 Å². The summed E-state index contributed by atoms with van der Waals surface area (Å²) in [5.74, 6) is 0.563. The fourth-order valence-corrected chi connectivity index (χ4v) is 4.03. The van der Waals surface area contributed by atoms with Crippen LogP contribution >= 0.6 is 11.6 Å². The van der Waals surface area contributed by atoms with E-state index in [4.69, 9.17) is 22.1 Å². The second-order valence-electron chi connectivity index (χ2n) is 8.03. The van der Waals surface area contributed by atoms with Crippen molar-refractivity contribution in [3.63, 3.8) is 0 Å². The molecule has 7 nitrogen and oxygen atoms in total. The number of halogens is 1. The topological polar surface area (TPSA) is 85.4 Å². The summed E-state index contributed by atoms with van der Waals surface area (Å²) in [6.45, 7) is 9.70. The molecule has 0 amide bonds. The molecule has 0 bridgehead atoms. The van der Waals surface area contributed by atoms with E-state index >= 15 is 0 Å². The minimum absolute atomic E-state index is 0.0770. The molecule has 0 aliphatic carbocycles. The molecule has 3 N–H and O–H groups in total. The number of nitrogen functional groups attached to an aromatic ring is 1. The number of aromatic nitrogens is 2. The highest BCUT2D eigenvalue weighted by Crippen LogP contribution is 2.17. The summed E-state index contributed by atoms with van der Waals surface area (Å²) in [6, 6.07) is 5.57. The fraction of sp³-hybridized carbons (Fsp3) is 0.417. The molecule has 2 aromatic heterocycles. The zero-order chi connectivity index (χ0) is 23.1. The summed E-state index contributed by atoms with van der Waals surface area (Å²) in [7, 11) is 1.57. The highest BCUT2D eigenvalue weighted by molar-refractivity contribution is 6.31. The van der Waals surface area contributed by atoms with Crippen molar-refractivity contribution in [2.24, 2.45) is 0 Å². The smallest absolute Gasteiger partial charge is 0.251 e. The van der Waals surface area contributed by atoms with Gasteiger partial charge in [0.05, 0.1) is 29.2 Å². The van der Waals surface area contributed by atoms with Crippen LogP contribution < -0.4 is 16.6 Å². The molecule has 2 aromatic rings. The zero-order valence-electron chi connectivity index (χ0n) is 18.8. The third kappa shape index (κ3) is 6.22. The number of nitrogens with two attached hydrogens (primary N) is 1. The molecule has 32 heavy (non-hydrogen) atoms. The molecular weight excluding hydrogens is 426 g/mol. The van der Waals surface area contributed by atoms with E-state index in [-0.39, 0.29) is 5.56 Å². The van der Waals surface area contributed by atoms with E-state index in [1.807, 2.05) is 19.2 Å². The number of ether oxygens (including phenoxy) is 1. The Hall–Kier alpha value is -2.61. The number of nitrogens with zero attached hydrogens (tertiary/aromatic N) is 3. The highest BCUT2D eigenvalue weighted by Gasteiger charge is 2.19. The van der Waals surface area contributed by atoms with Crippen molar-refractivity contribution in [3.05, 3.63) is 75.1 Å². The number of methoxy groups -OCH3 is 1. The number of hydrogen-bond acceptors (Lipinski definition) is 6. The van der Waals surface area contributed by atoms with Gasteiger partial charge in [-0.25, -0.2) is 0 Å². The summed E-state index contributed by atoms with van der Waals surface area (Å²) >= 11 is 6.17. The summed E-state index contributed by atoms with van der Waals surface area (Å²) in [5.41, 5.74) is 9.20. The number of pyridine rings is 2. The molecule has 0 atom stereocenters. The van der Waals surface area contributed by atoms with Crippen LogP contribution in [0.4, 0.5) is 5.69 Å². The van der Waals surface area contributed by atoms with Crippen molar-refractivity contribution < 1.29 is 4.74 Å². The van der Waals surface area contributed by atoms with E-state index < -0.39 is 0 Å². The molecule has 0 radical (unpaired) electrons. The van der Waals surface area contributed by atoms with Crippen LogP contribution in [0.5, 0.6) is 0 Å². The van der Waals surface area contributed by atoms with Crippen LogP contribution in [0.25, 0.3) is 6.08 Å². The van der Waals surface area contributed by atoms with Gasteiger partial charge < -0.3 is 25.3 Å². The lowest BCUT2D eigenvalue weighted by molar-refractivity contribution is 0.190. The molecule has 0 unspecified atom stereocenters. The molecule has 1 aliphatic heterocycles. The standard InChI is InChI=1S/C24H32ClN5O2/c1-4-20(32-3)14-23-22(26)5-6-24(31)30(23)12-11-29-9-7-19(8-10-29)28-16-18-13-21(25)17(2)27-15-18/h4-6,13-15,19,28H,1,7-12,16,26H2,2-3H3/b20-14+. The monoisotopic (exact) mass is 457 g/mol. The second kappa shape index (κ2) is 11.3.